The number of hydrogen-bond donors (Lipinski definition) is 2. The number of urea groups is 1. The van der Waals surface area contributed by atoms with Gasteiger partial charge in [0, 0.05) is 6.04 Å². The van der Waals surface area contributed by atoms with Crippen molar-refractivity contribution in [1.82, 2.24) is 10.8 Å². The summed E-state index contributed by atoms with van der Waals surface area (Å²) < 4.78 is 0. The molecule has 4 heteroatoms. The van der Waals surface area contributed by atoms with Crippen molar-refractivity contribution in [3.63, 3.8) is 0 Å². The summed E-state index contributed by atoms with van der Waals surface area (Å²) in [6.45, 7) is 5.30. The van der Waals surface area contributed by atoms with Crippen molar-refractivity contribution in [1.29, 1.82) is 0 Å². The minimum atomic E-state index is -0.366. The Bertz CT molecular complexity index is 125. The van der Waals surface area contributed by atoms with Crippen molar-refractivity contribution in [3.8, 4) is 0 Å². The highest BCUT2D eigenvalue weighted by Crippen LogP contribution is 1.79. The predicted octanol–water partition coefficient (Wildman–Crippen LogP) is 0.421. The lowest BCUT2D eigenvalue weighted by molar-refractivity contribution is 0.107. The molecule has 0 aliphatic heterocycles. The average molecular weight is 144 g/mol. The van der Waals surface area contributed by atoms with E-state index in [1.54, 1.807) is 6.08 Å². The first-order valence-corrected chi connectivity index (χ1v) is 2.92. The van der Waals surface area contributed by atoms with Crippen molar-refractivity contribution in [2.75, 3.05) is 7.11 Å². The first-order chi connectivity index (χ1) is 4.70. The zero-order valence-corrected chi connectivity index (χ0v) is 6.18. The van der Waals surface area contributed by atoms with Crippen LogP contribution in [0.4, 0.5) is 4.79 Å². The number of nitrogens with one attached hydrogen (secondary N) is 2. The van der Waals surface area contributed by atoms with Crippen molar-refractivity contribution in [2.45, 2.75) is 13.0 Å². The maximum absolute atomic E-state index is 10.6. The van der Waals surface area contributed by atoms with Crippen LogP contribution < -0.4 is 10.8 Å². The zero-order valence-electron chi connectivity index (χ0n) is 6.18. The van der Waals surface area contributed by atoms with Crippen molar-refractivity contribution in [3.05, 3.63) is 12.7 Å². The number of hydroxylamine groups is 1. The molecule has 4 nitrogen and oxygen atoms in total. The van der Waals surface area contributed by atoms with Gasteiger partial charge in [0.05, 0.1) is 7.11 Å². The molecule has 0 aromatic carbocycles. The average Bonchev–Trinajstić information content (AvgIpc) is 1.88. The third kappa shape index (κ3) is 3.91. The van der Waals surface area contributed by atoms with E-state index in [4.69, 9.17) is 0 Å². The third-order valence-corrected chi connectivity index (χ3v) is 0.907. The molecule has 0 radical (unpaired) electrons. The van der Waals surface area contributed by atoms with Gasteiger partial charge < -0.3 is 5.32 Å². The lowest BCUT2D eigenvalue weighted by Crippen LogP contribution is -2.39. The van der Waals surface area contributed by atoms with E-state index < -0.39 is 0 Å². The van der Waals surface area contributed by atoms with Gasteiger partial charge in [0.25, 0.3) is 0 Å². The molecule has 0 saturated carbocycles. The van der Waals surface area contributed by atoms with E-state index in [2.05, 4.69) is 22.2 Å². The van der Waals surface area contributed by atoms with Gasteiger partial charge in [-0.3, -0.25) is 4.84 Å². The van der Waals surface area contributed by atoms with Crippen molar-refractivity contribution >= 4 is 6.03 Å². The Morgan fingerprint density at radius 2 is 2.40 bits per heavy atom. The second-order valence-electron chi connectivity index (χ2n) is 1.80. The fourth-order valence-corrected chi connectivity index (χ4v) is 0.388. The molecule has 58 valence electrons. The molecule has 0 saturated heterocycles. The van der Waals surface area contributed by atoms with Crippen LogP contribution >= 0.6 is 0 Å². The molecule has 0 aliphatic carbocycles. The van der Waals surface area contributed by atoms with Gasteiger partial charge in [-0.25, -0.2) is 10.3 Å². The highest BCUT2D eigenvalue weighted by atomic mass is 16.6. The Morgan fingerprint density at radius 3 is 2.80 bits per heavy atom. The van der Waals surface area contributed by atoms with E-state index in [0.29, 0.717) is 0 Å². The fourth-order valence-electron chi connectivity index (χ4n) is 0.388. The Morgan fingerprint density at radius 1 is 1.80 bits per heavy atom. The minimum absolute atomic E-state index is 0.0462. The summed E-state index contributed by atoms with van der Waals surface area (Å²) in [7, 11) is 1.37. The highest BCUT2D eigenvalue weighted by molar-refractivity contribution is 5.73. The molecule has 0 heterocycles. The molecule has 1 atom stereocenters. The Hall–Kier alpha value is -1.03. The number of amides is 2. The van der Waals surface area contributed by atoms with Crippen LogP contribution in [0.2, 0.25) is 0 Å². The van der Waals surface area contributed by atoms with Crippen LogP contribution in [0, 0.1) is 0 Å². The van der Waals surface area contributed by atoms with E-state index in [0.717, 1.165) is 0 Å². The SMILES string of the molecule is C=CC(C)NC(=O)NOC. The second-order valence-corrected chi connectivity index (χ2v) is 1.80. The van der Waals surface area contributed by atoms with E-state index in [1.807, 2.05) is 6.92 Å². The molecule has 0 bridgehead atoms. The largest absolute Gasteiger partial charge is 0.339 e. The molecule has 2 amide bonds. The summed E-state index contributed by atoms with van der Waals surface area (Å²) in [4.78, 5) is 15.0. The molecule has 2 N–H and O–H groups in total. The van der Waals surface area contributed by atoms with Gasteiger partial charge in [-0.15, -0.1) is 6.58 Å². The quantitative estimate of drug-likeness (QED) is 0.445. The second kappa shape index (κ2) is 4.81. The van der Waals surface area contributed by atoms with Crippen LogP contribution in [0.3, 0.4) is 0 Å². The number of rotatable bonds is 3. The van der Waals surface area contributed by atoms with E-state index in [-0.39, 0.29) is 12.1 Å². The normalized spacial score (nSPS) is 11.8. The van der Waals surface area contributed by atoms with Crippen molar-refractivity contribution in [2.24, 2.45) is 0 Å². The van der Waals surface area contributed by atoms with Crippen molar-refractivity contribution < 1.29 is 9.63 Å². The Labute approximate surface area is 60.2 Å². The number of hydrogen-bond acceptors (Lipinski definition) is 2. The number of carbonyl (C=O) groups excluding carboxylic acids is 1. The van der Waals surface area contributed by atoms with Crippen LogP contribution in [0.15, 0.2) is 12.7 Å². The summed E-state index contributed by atoms with van der Waals surface area (Å²) in [5.41, 5.74) is 2.11. The van der Waals surface area contributed by atoms with Gasteiger partial charge in [0.15, 0.2) is 0 Å². The predicted molar refractivity (Wildman–Crippen MR) is 38.3 cm³/mol. The van der Waals surface area contributed by atoms with E-state index in [1.165, 1.54) is 7.11 Å². The molecule has 0 aromatic heterocycles. The molecule has 0 rings (SSSR count). The van der Waals surface area contributed by atoms with Crippen LogP contribution in [0.25, 0.3) is 0 Å². The molecule has 0 aliphatic rings. The monoisotopic (exact) mass is 144 g/mol. The summed E-state index contributed by atoms with van der Waals surface area (Å²) in [6.07, 6.45) is 1.62. The molecule has 10 heavy (non-hydrogen) atoms. The van der Waals surface area contributed by atoms with Crippen LogP contribution in [-0.4, -0.2) is 19.2 Å². The first-order valence-electron chi connectivity index (χ1n) is 2.92. The molecular formula is C6H12N2O2. The Balaban J connectivity index is 3.46. The molecular weight excluding hydrogens is 132 g/mol. The minimum Gasteiger partial charge on any atom is -0.330 e. The fraction of sp³-hybridized carbons (Fsp3) is 0.500. The van der Waals surface area contributed by atoms with Gasteiger partial charge in [-0.05, 0) is 6.92 Å². The van der Waals surface area contributed by atoms with Crippen LogP contribution in [-0.2, 0) is 4.84 Å². The van der Waals surface area contributed by atoms with Gasteiger partial charge >= 0.3 is 6.03 Å². The summed E-state index contributed by atoms with van der Waals surface area (Å²) >= 11 is 0. The van der Waals surface area contributed by atoms with Gasteiger partial charge in [0.1, 0.15) is 0 Å². The summed E-state index contributed by atoms with van der Waals surface area (Å²) in [5, 5.41) is 2.54. The van der Waals surface area contributed by atoms with Gasteiger partial charge in [-0.1, -0.05) is 6.08 Å². The molecule has 0 aromatic rings. The van der Waals surface area contributed by atoms with Gasteiger partial charge in [-0.2, -0.15) is 0 Å². The zero-order chi connectivity index (χ0) is 7.98. The lowest BCUT2D eigenvalue weighted by Gasteiger charge is -2.08. The molecule has 1 unspecified atom stereocenters. The van der Waals surface area contributed by atoms with Crippen LogP contribution in [0.1, 0.15) is 6.92 Å². The lowest BCUT2D eigenvalue weighted by atomic mass is 10.3. The maximum atomic E-state index is 10.6. The third-order valence-electron chi connectivity index (χ3n) is 0.907. The van der Waals surface area contributed by atoms with E-state index in [9.17, 15) is 4.79 Å². The van der Waals surface area contributed by atoms with E-state index >= 15 is 0 Å². The maximum Gasteiger partial charge on any atom is 0.339 e. The molecule has 0 fully saturated rings. The number of carbonyl (C=O) groups is 1. The topological polar surface area (TPSA) is 50.4 Å². The smallest absolute Gasteiger partial charge is 0.330 e. The Kier molecular flexibility index (Phi) is 4.32. The summed E-state index contributed by atoms with van der Waals surface area (Å²) in [5.74, 6) is 0. The van der Waals surface area contributed by atoms with Gasteiger partial charge in [0.2, 0.25) is 0 Å². The highest BCUT2D eigenvalue weighted by Gasteiger charge is 2.00. The standard InChI is InChI=1S/C6H12N2O2/c1-4-5(2)7-6(9)8-10-3/h4-5H,1H2,2-3H3,(H2,7,8,9). The summed E-state index contributed by atoms with van der Waals surface area (Å²) in [6, 6.07) is -0.412. The molecule has 0 spiro atoms. The van der Waals surface area contributed by atoms with Crippen LogP contribution in [0.5, 0.6) is 0 Å². The first kappa shape index (κ1) is 8.97.